The zero-order chi connectivity index (χ0) is 16.4. The van der Waals surface area contributed by atoms with Crippen LogP contribution in [-0.2, 0) is 24.2 Å². The first-order valence-corrected chi connectivity index (χ1v) is 9.68. The average Bonchev–Trinajstić information content (AvgIpc) is 3.29. The van der Waals surface area contributed by atoms with E-state index in [-0.39, 0.29) is 5.91 Å². The van der Waals surface area contributed by atoms with Crippen LogP contribution < -0.4 is 0 Å². The van der Waals surface area contributed by atoms with Crippen molar-refractivity contribution in [1.29, 1.82) is 0 Å². The molecule has 4 rings (SSSR count). The molecule has 0 saturated carbocycles. The second-order valence-corrected chi connectivity index (χ2v) is 7.63. The summed E-state index contributed by atoms with van der Waals surface area (Å²) >= 11 is 1.80. The van der Waals surface area contributed by atoms with Crippen molar-refractivity contribution in [3.8, 4) is 0 Å². The van der Waals surface area contributed by atoms with Crippen LogP contribution in [0.15, 0.2) is 17.5 Å². The number of aromatic amines is 1. The van der Waals surface area contributed by atoms with Crippen LogP contribution in [-0.4, -0.2) is 40.2 Å². The van der Waals surface area contributed by atoms with Crippen molar-refractivity contribution in [2.75, 3.05) is 13.2 Å². The van der Waals surface area contributed by atoms with Crippen molar-refractivity contribution >= 4 is 17.2 Å². The van der Waals surface area contributed by atoms with Crippen LogP contribution in [0.25, 0.3) is 0 Å². The SMILES string of the molecule is O=C(c1n[nH]c2c1COCC2)N1CCCCC1CCc1cccs1. The Balaban J connectivity index is 1.49. The predicted molar refractivity (Wildman–Crippen MR) is 93.3 cm³/mol. The highest BCUT2D eigenvalue weighted by atomic mass is 32.1. The van der Waals surface area contributed by atoms with Crippen molar-refractivity contribution in [3.05, 3.63) is 39.3 Å². The number of amides is 1. The Labute approximate surface area is 146 Å². The van der Waals surface area contributed by atoms with Gasteiger partial charge in [0.25, 0.3) is 5.91 Å². The molecule has 2 aromatic heterocycles. The molecular weight excluding hydrogens is 322 g/mol. The van der Waals surface area contributed by atoms with Gasteiger partial charge in [0, 0.05) is 35.1 Å². The molecule has 2 aromatic rings. The number of carbonyl (C=O) groups is 1. The zero-order valence-corrected chi connectivity index (χ0v) is 14.6. The lowest BCUT2D eigenvalue weighted by atomic mass is 9.96. The summed E-state index contributed by atoms with van der Waals surface area (Å²) in [6.45, 7) is 2.05. The number of ether oxygens (including phenoxy) is 1. The average molecular weight is 345 g/mol. The van der Waals surface area contributed by atoms with Crippen molar-refractivity contribution in [2.24, 2.45) is 0 Å². The first kappa shape index (κ1) is 15.8. The van der Waals surface area contributed by atoms with E-state index in [0.717, 1.165) is 49.9 Å². The number of hydrogen-bond acceptors (Lipinski definition) is 4. The molecule has 0 aliphatic carbocycles. The monoisotopic (exact) mass is 345 g/mol. The van der Waals surface area contributed by atoms with Crippen LogP contribution in [0, 0.1) is 0 Å². The van der Waals surface area contributed by atoms with E-state index in [4.69, 9.17) is 4.74 Å². The van der Waals surface area contributed by atoms with Gasteiger partial charge in [0.2, 0.25) is 0 Å². The van der Waals surface area contributed by atoms with E-state index in [1.54, 1.807) is 11.3 Å². The minimum atomic E-state index is 0.0777. The molecule has 24 heavy (non-hydrogen) atoms. The summed E-state index contributed by atoms with van der Waals surface area (Å²) in [5, 5.41) is 9.48. The molecule has 6 heteroatoms. The molecule has 0 bridgehead atoms. The van der Waals surface area contributed by atoms with Crippen LogP contribution in [0.2, 0.25) is 0 Å². The maximum atomic E-state index is 13.1. The van der Waals surface area contributed by atoms with Gasteiger partial charge in [0.05, 0.1) is 13.2 Å². The molecule has 2 aliphatic rings. The smallest absolute Gasteiger partial charge is 0.274 e. The first-order chi connectivity index (χ1) is 11.8. The molecule has 1 amide bonds. The molecule has 4 heterocycles. The lowest BCUT2D eigenvalue weighted by Crippen LogP contribution is -2.44. The van der Waals surface area contributed by atoms with Gasteiger partial charge < -0.3 is 9.64 Å². The highest BCUT2D eigenvalue weighted by Crippen LogP contribution is 2.26. The molecule has 1 N–H and O–H groups in total. The largest absolute Gasteiger partial charge is 0.376 e. The Morgan fingerprint density at radius 3 is 3.29 bits per heavy atom. The van der Waals surface area contributed by atoms with Crippen molar-refractivity contribution < 1.29 is 9.53 Å². The number of hydrogen-bond donors (Lipinski definition) is 1. The number of nitrogens with one attached hydrogen (secondary N) is 1. The third kappa shape index (κ3) is 3.13. The summed E-state index contributed by atoms with van der Waals surface area (Å²) in [5.41, 5.74) is 2.61. The Morgan fingerprint density at radius 1 is 1.46 bits per heavy atom. The van der Waals surface area contributed by atoms with Crippen molar-refractivity contribution in [2.45, 2.75) is 51.2 Å². The fourth-order valence-corrected chi connectivity index (χ4v) is 4.48. The van der Waals surface area contributed by atoms with Gasteiger partial charge in [-0.1, -0.05) is 6.07 Å². The number of carbonyl (C=O) groups excluding carboxylic acids is 1. The molecule has 1 saturated heterocycles. The van der Waals surface area contributed by atoms with Gasteiger partial charge in [-0.25, -0.2) is 0 Å². The predicted octanol–water partition coefficient (Wildman–Crippen LogP) is 3.17. The number of rotatable bonds is 4. The Bertz CT molecular complexity index is 695. The maximum Gasteiger partial charge on any atom is 0.274 e. The van der Waals surface area contributed by atoms with Crippen molar-refractivity contribution in [3.63, 3.8) is 0 Å². The number of thiophene rings is 1. The number of nitrogens with zero attached hydrogens (tertiary/aromatic N) is 2. The summed E-state index contributed by atoms with van der Waals surface area (Å²) in [7, 11) is 0. The first-order valence-electron chi connectivity index (χ1n) is 8.80. The van der Waals surface area contributed by atoms with Gasteiger partial charge in [-0.15, -0.1) is 11.3 Å². The number of fused-ring (bicyclic) bond motifs is 1. The summed E-state index contributed by atoms with van der Waals surface area (Å²) in [4.78, 5) is 16.6. The standard InChI is InChI=1S/C18H23N3O2S/c22-18(17-15-12-23-10-8-16(15)19-20-17)21-9-2-1-4-13(21)6-7-14-5-3-11-24-14/h3,5,11,13H,1-2,4,6-10,12H2,(H,19,20). The second-order valence-electron chi connectivity index (χ2n) is 6.60. The lowest BCUT2D eigenvalue weighted by Gasteiger charge is -2.35. The quantitative estimate of drug-likeness (QED) is 0.926. The molecule has 2 aliphatic heterocycles. The summed E-state index contributed by atoms with van der Waals surface area (Å²) < 4.78 is 5.53. The van der Waals surface area contributed by atoms with Crippen LogP contribution in [0.1, 0.15) is 52.3 Å². The van der Waals surface area contributed by atoms with Crippen molar-refractivity contribution in [1.82, 2.24) is 15.1 Å². The van der Waals surface area contributed by atoms with E-state index in [1.165, 1.54) is 11.3 Å². The van der Waals surface area contributed by atoms with Crippen LogP contribution in [0.3, 0.4) is 0 Å². The fourth-order valence-electron chi connectivity index (χ4n) is 3.76. The van der Waals surface area contributed by atoms with E-state index in [0.29, 0.717) is 24.9 Å². The number of likely N-dealkylation sites (tertiary alicyclic amines) is 1. The van der Waals surface area contributed by atoms with E-state index in [9.17, 15) is 4.79 Å². The summed E-state index contributed by atoms with van der Waals surface area (Å²) in [6, 6.07) is 4.60. The lowest BCUT2D eigenvalue weighted by molar-refractivity contribution is 0.0586. The van der Waals surface area contributed by atoms with E-state index in [1.807, 2.05) is 0 Å². The van der Waals surface area contributed by atoms with Gasteiger partial charge >= 0.3 is 0 Å². The maximum absolute atomic E-state index is 13.1. The van der Waals surface area contributed by atoms with Crippen LogP contribution in [0.4, 0.5) is 0 Å². The molecule has 128 valence electrons. The minimum Gasteiger partial charge on any atom is -0.376 e. The molecule has 0 spiro atoms. The molecule has 5 nitrogen and oxygen atoms in total. The number of aromatic nitrogens is 2. The molecule has 0 aromatic carbocycles. The second kappa shape index (κ2) is 7.07. The third-order valence-corrected chi connectivity index (χ3v) is 6.03. The molecular formula is C18H23N3O2S. The number of H-pyrrole nitrogens is 1. The molecule has 1 unspecified atom stereocenters. The zero-order valence-electron chi connectivity index (χ0n) is 13.8. The van der Waals surface area contributed by atoms with Crippen LogP contribution in [0.5, 0.6) is 0 Å². The van der Waals surface area contributed by atoms with Gasteiger partial charge in [-0.3, -0.25) is 9.89 Å². The van der Waals surface area contributed by atoms with E-state index in [2.05, 4.69) is 32.6 Å². The summed E-state index contributed by atoms with van der Waals surface area (Å²) in [5.74, 6) is 0.0777. The molecule has 0 radical (unpaired) electrons. The molecule has 1 fully saturated rings. The Morgan fingerprint density at radius 2 is 2.42 bits per heavy atom. The van der Waals surface area contributed by atoms with E-state index >= 15 is 0 Å². The molecule has 1 atom stereocenters. The highest BCUT2D eigenvalue weighted by Gasteiger charge is 2.31. The Hall–Kier alpha value is -1.66. The van der Waals surface area contributed by atoms with E-state index < -0.39 is 0 Å². The van der Waals surface area contributed by atoms with Gasteiger partial charge in [-0.2, -0.15) is 5.10 Å². The van der Waals surface area contributed by atoms with Crippen LogP contribution >= 0.6 is 11.3 Å². The van der Waals surface area contributed by atoms with Gasteiger partial charge in [0.1, 0.15) is 0 Å². The topological polar surface area (TPSA) is 58.2 Å². The van der Waals surface area contributed by atoms with Gasteiger partial charge in [-0.05, 0) is 43.6 Å². The highest BCUT2D eigenvalue weighted by molar-refractivity contribution is 7.09. The summed E-state index contributed by atoms with van der Waals surface area (Å²) in [6.07, 6.45) is 6.30. The third-order valence-electron chi connectivity index (χ3n) is 5.09. The number of aryl methyl sites for hydroxylation is 1. The van der Waals surface area contributed by atoms with Gasteiger partial charge in [0.15, 0.2) is 5.69 Å². The minimum absolute atomic E-state index is 0.0777. The Kier molecular flexibility index (Phi) is 4.67. The normalized spacial score (nSPS) is 20.8. The number of piperidine rings is 1. The fraction of sp³-hybridized carbons (Fsp3) is 0.556.